The number of aliphatic imine (C=N–C) groups is 1. The van der Waals surface area contributed by atoms with Gasteiger partial charge in [-0.15, -0.1) is 0 Å². The topological polar surface area (TPSA) is 96.6 Å². The van der Waals surface area contributed by atoms with Crippen LogP contribution in [0.1, 0.15) is 16.7 Å². The first-order valence-electron chi connectivity index (χ1n) is 7.98. The number of anilines is 1. The molecule has 0 unspecified atom stereocenters. The molecule has 0 aliphatic rings. The Labute approximate surface area is 149 Å². The average molecular weight is 360 g/mol. The van der Waals surface area contributed by atoms with E-state index < -0.39 is 10.0 Å². The van der Waals surface area contributed by atoms with Crippen LogP contribution in [0.2, 0.25) is 0 Å². The number of hydrogen-bond donors (Lipinski definition) is 3. The average Bonchev–Trinajstić information content (AvgIpc) is 2.51. The van der Waals surface area contributed by atoms with Gasteiger partial charge < -0.3 is 11.1 Å². The van der Waals surface area contributed by atoms with Crippen LogP contribution >= 0.6 is 0 Å². The van der Waals surface area contributed by atoms with Gasteiger partial charge in [0.05, 0.1) is 11.4 Å². The van der Waals surface area contributed by atoms with E-state index in [1.165, 1.54) is 0 Å². The molecule has 0 atom stereocenters. The molecule has 2 aromatic rings. The van der Waals surface area contributed by atoms with Crippen LogP contribution in [0.3, 0.4) is 0 Å². The van der Waals surface area contributed by atoms with Gasteiger partial charge in [0.15, 0.2) is 5.96 Å². The summed E-state index contributed by atoms with van der Waals surface area (Å²) in [5.74, 6) is 0.250. The number of aryl methyl sites for hydroxylation is 3. The van der Waals surface area contributed by atoms with E-state index in [0.29, 0.717) is 0 Å². The summed E-state index contributed by atoms with van der Waals surface area (Å²) in [4.78, 5) is 4.39. The molecule has 25 heavy (non-hydrogen) atoms. The number of nitrogens with one attached hydrogen (secondary N) is 2. The minimum absolute atomic E-state index is 0.172. The lowest BCUT2D eigenvalue weighted by Gasteiger charge is -2.09. The molecule has 0 heterocycles. The largest absolute Gasteiger partial charge is 0.370 e. The second-order valence-electron chi connectivity index (χ2n) is 5.98. The molecule has 0 aromatic heterocycles. The van der Waals surface area contributed by atoms with Gasteiger partial charge in [-0.3, -0.25) is 4.99 Å². The fraction of sp³-hybridized carbons (Fsp3) is 0.278. The maximum Gasteiger partial charge on any atom is 0.240 e. The van der Waals surface area contributed by atoms with E-state index in [9.17, 15) is 8.42 Å². The van der Waals surface area contributed by atoms with Crippen LogP contribution in [-0.4, -0.2) is 27.5 Å². The van der Waals surface area contributed by atoms with Crippen LogP contribution in [-0.2, 0) is 10.0 Å². The van der Waals surface area contributed by atoms with Gasteiger partial charge in [0, 0.05) is 12.2 Å². The van der Waals surface area contributed by atoms with Gasteiger partial charge in [-0.25, -0.2) is 13.1 Å². The van der Waals surface area contributed by atoms with E-state index in [1.54, 1.807) is 24.3 Å². The Morgan fingerprint density at radius 3 is 2.20 bits per heavy atom. The summed E-state index contributed by atoms with van der Waals surface area (Å²) in [6, 6.07) is 12.7. The monoisotopic (exact) mass is 360 g/mol. The Hall–Kier alpha value is -2.38. The third-order valence-electron chi connectivity index (χ3n) is 3.51. The molecule has 0 aliphatic heterocycles. The molecule has 6 nitrogen and oxygen atoms in total. The quantitative estimate of drug-likeness (QED) is 0.418. The van der Waals surface area contributed by atoms with Crippen molar-refractivity contribution < 1.29 is 8.42 Å². The highest BCUT2D eigenvalue weighted by atomic mass is 32.2. The minimum atomic E-state index is -3.53. The Kier molecular flexibility index (Phi) is 6.17. The summed E-state index contributed by atoms with van der Waals surface area (Å²) in [6.45, 7) is 6.33. The lowest BCUT2D eigenvalue weighted by Crippen LogP contribution is -2.28. The summed E-state index contributed by atoms with van der Waals surface area (Å²) < 4.78 is 26.8. The zero-order valence-electron chi connectivity index (χ0n) is 14.7. The first kappa shape index (κ1) is 19.0. The van der Waals surface area contributed by atoms with Crippen LogP contribution in [0.4, 0.5) is 5.69 Å². The second kappa shape index (κ2) is 8.13. The number of rotatable bonds is 6. The van der Waals surface area contributed by atoms with Gasteiger partial charge in [-0.05, 0) is 56.2 Å². The highest BCUT2D eigenvalue weighted by Crippen LogP contribution is 2.13. The number of guanidine groups is 1. The van der Waals surface area contributed by atoms with Gasteiger partial charge >= 0.3 is 0 Å². The molecular formula is C18H24N4O2S. The van der Waals surface area contributed by atoms with E-state index >= 15 is 0 Å². The van der Waals surface area contributed by atoms with Crippen molar-refractivity contribution in [2.24, 2.45) is 10.7 Å². The zero-order valence-corrected chi connectivity index (χ0v) is 15.5. The molecular weight excluding hydrogens is 336 g/mol. The summed E-state index contributed by atoms with van der Waals surface area (Å²) in [5.41, 5.74) is 9.97. The molecule has 0 radical (unpaired) electrons. The zero-order chi connectivity index (χ0) is 18.4. The third-order valence-corrected chi connectivity index (χ3v) is 4.99. The SMILES string of the molecule is Cc1ccc(S(=O)(=O)NCCN=C(N)Nc2cc(C)cc(C)c2)cc1. The van der Waals surface area contributed by atoms with Crippen LogP contribution in [0, 0.1) is 20.8 Å². The first-order chi connectivity index (χ1) is 11.8. The lowest BCUT2D eigenvalue weighted by molar-refractivity contribution is 0.582. The van der Waals surface area contributed by atoms with Crippen LogP contribution in [0.15, 0.2) is 52.4 Å². The molecule has 0 spiro atoms. The summed E-state index contributed by atoms with van der Waals surface area (Å²) in [7, 11) is -3.53. The number of benzene rings is 2. The van der Waals surface area contributed by atoms with Crippen molar-refractivity contribution in [2.75, 3.05) is 18.4 Å². The van der Waals surface area contributed by atoms with Gasteiger partial charge in [0.1, 0.15) is 0 Å². The highest BCUT2D eigenvalue weighted by molar-refractivity contribution is 7.89. The molecule has 0 amide bonds. The predicted octanol–water partition coefficient (Wildman–Crippen LogP) is 2.32. The predicted molar refractivity (Wildman–Crippen MR) is 102 cm³/mol. The Balaban J connectivity index is 1.88. The fourth-order valence-electron chi connectivity index (χ4n) is 2.39. The fourth-order valence-corrected chi connectivity index (χ4v) is 3.41. The van der Waals surface area contributed by atoms with Crippen molar-refractivity contribution >= 4 is 21.7 Å². The smallest absolute Gasteiger partial charge is 0.240 e. The highest BCUT2D eigenvalue weighted by Gasteiger charge is 2.12. The number of nitrogens with two attached hydrogens (primary N) is 1. The van der Waals surface area contributed by atoms with Crippen molar-refractivity contribution in [3.8, 4) is 0 Å². The molecule has 2 aromatic carbocycles. The third kappa shape index (κ3) is 5.88. The van der Waals surface area contributed by atoms with Crippen molar-refractivity contribution in [1.29, 1.82) is 0 Å². The number of sulfonamides is 1. The van der Waals surface area contributed by atoms with Crippen molar-refractivity contribution in [2.45, 2.75) is 25.7 Å². The van der Waals surface area contributed by atoms with Crippen LogP contribution in [0.5, 0.6) is 0 Å². The first-order valence-corrected chi connectivity index (χ1v) is 9.46. The molecule has 2 rings (SSSR count). The Morgan fingerprint density at radius 2 is 1.60 bits per heavy atom. The van der Waals surface area contributed by atoms with E-state index in [2.05, 4.69) is 21.1 Å². The number of nitrogens with zero attached hydrogens (tertiary/aromatic N) is 1. The maximum absolute atomic E-state index is 12.1. The molecule has 7 heteroatoms. The van der Waals surface area contributed by atoms with E-state index in [1.807, 2.05) is 32.9 Å². The summed E-state index contributed by atoms with van der Waals surface area (Å²) in [5, 5.41) is 3.01. The van der Waals surface area contributed by atoms with Gasteiger partial charge in [0.2, 0.25) is 10.0 Å². The van der Waals surface area contributed by atoms with E-state index in [0.717, 1.165) is 22.4 Å². The summed E-state index contributed by atoms with van der Waals surface area (Å²) >= 11 is 0. The van der Waals surface area contributed by atoms with E-state index in [-0.39, 0.29) is 23.9 Å². The van der Waals surface area contributed by atoms with Crippen molar-refractivity contribution in [3.63, 3.8) is 0 Å². The standard InChI is InChI=1S/C18H24N4O2S/c1-13-4-6-17(7-5-13)25(23,24)21-9-8-20-18(19)22-16-11-14(2)10-15(3)12-16/h4-7,10-12,21H,8-9H2,1-3H3,(H3,19,20,22). The number of hydrogen-bond acceptors (Lipinski definition) is 3. The Bertz CT molecular complexity index is 839. The molecule has 0 bridgehead atoms. The Morgan fingerprint density at radius 1 is 1.00 bits per heavy atom. The van der Waals surface area contributed by atoms with Gasteiger partial charge in [-0.2, -0.15) is 0 Å². The van der Waals surface area contributed by atoms with Crippen molar-refractivity contribution in [1.82, 2.24) is 4.72 Å². The molecule has 4 N–H and O–H groups in total. The normalized spacial score (nSPS) is 12.2. The van der Waals surface area contributed by atoms with Gasteiger partial charge in [0.25, 0.3) is 0 Å². The van der Waals surface area contributed by atoms with Crippen LogP contribution < -0.4 is 15.8 Å². The molecule has 0 saturated carbocycles. The van der Waals surface area contributed by atoms with E-state index in [4.69, 9.17) is 5.73 Å². The molecule has 134 valence electrons. The second-order valence-corrected chi connectivity index (χ2v) is 7.75. The maximum atomic E-state index is 12.1. The molecule has 0 fully saturated rings. The lowest BCUT2D eigenvalue weighted by atomic mass is 10.1. The minimum Gasteiger partial charge on any atom is -0.370 e. The molecule has 0 saturated heterocycles. The summed E-state index contributed by atoms with van der Waals surface area (Å²) in [6.07, 6.45) is 0. The van der Waals surface area contributed by atoms with Crippen molar-refractivity contribution in [3.05, 3.63) is 59.2 Å². The van der Waals surface area contributed by atoms with Crippen LogP contribution in [0.25, 0.3) is 0 Å². The van der Waals surface area contributed by atoms with Gasteiger partial charge in [-0.1, -0.05) is 23.8 Å². The molecule has 0 aliphatic carbocycles.